The second kappa shape index (κ2) is 8.43. The second-order valence-corrected chi connectivity index (χ2v) is 4.99. The van der Waals surface area contributed by atoms with E-state index in [0.717, 1.165) is 0 Å². The molecule has 5 heteroatoms. The van der Waals surface area contributed by atoms with Crippen LogP contribution < -0.4 is 0 Å². The van der Waals surface area contributed by atoms with Crippen molar-refractivity contribution in [2.75, 3.05) is 0 Å². The number of nitrogens with zero attached hydrogens (tertiary/aromatic N) is 1. The molecule has 0 bridgehead atoms. The Bertz CT molecular complexity index is 697. The average Bonchev–Trinajstić information content (AvgIpc) is 2.64. The summed E-state index contributed by atoms with van der Waals surface area (Å²) in [4.78, 5) is 28.5. The number of rotatable bonds is 5. The third-order valence-corrected chi connectivity index (χ3v) is 3.20. The van der Waals surface area contributed by atoms with Crippen LogP contribution in [0.15, 0.2) is 77.7 Å². The number of esters is 1. The zero-order chi connectivity index (χ0) is 17.4. The molecule has 122 valence electrons. The van der Waals surface area contributed by atoms with Crippen molar-refractivity contribution in [1.82, 2.24) is 0 Å². The molecule has 0 spiro atoms. The summed E-state index contributed by atoms with van der Waals surface area (Å²) in [5.74, 6) is -1.02. The summed E-state index contributed by atoms with van der Waals surface area (Å²) in [6.45, 7) is 3.36. The first kappa shape index (κ1) is 17.1. The lowest BCUT2D eigenvalue weighted by Crippen LogP contribution is -2.05. The highest BCUT2D eigenvalue weighted by Crippen LogP contribution is 2.06. The molecular formula is C19H17NO4. The van der Waals surface area contributed by atoms with E-state index < -0.39 is 11.9 Å². The standard InChI is InChI=1S/C19H17NO4/c1-14(13-23-18(21)16-9-5-3-6-10-16)15(2)20-24-19(22)17-11-7-4-8-12-17/h3-13H,1-2H3/b14-13+,20-15-. The van der Waals surface area contributed by atoms with Gasteiger partial charge in [0.05, 0.1) is 23.1 Å². The number of benzene rings is 2. The molecule has 0 saturated heterocycles. The Kier molecular flexibility index (Phi) is 6.02. The van der Waals surface area contributed by atoms with Crippen LogP contribution in [0.4, 0.5) is 0 Å². The van der Waals surface area contributed by atoms with Crippen molar-refractivity contribution in [3.8, 4) is 0 Å². The summed E-state index contributed by atoms with van der Waals surface area (Å²) in [5, 5.41) is 3.76. The molecule has 24 heavy (non-hydrogen) atoms. The summed E-state index contributed by atoms with van der Waals surface area (Å²) in [6.07, 6.45) is 1.28. The largest absolute Gasteiger partial charge is 0.431 e. The maximum absolute atomic E-state index is 11.8. The van der Waals surface area contributed by atoms with E-state index >= 15 is 0 Å². The number of carbonyl (C=O) groups excluding carboxylic acids is 2. The lowest BCUT2D eigenvalue weighted by atomic mass is 10.2. The van der Waals surface area contributed by atoms with Crippen molar-refractivity contribution in [2.24, 2.45) is 5.16 Å². The number of carbonyl (C=O) groups is 2. The fraction of sp³-hybridized carbons (Fsp3) is 0.105. The Hall–Kier alpha value is -3.21. The average molecular weight is 323 g/mol. The van der Waals surface area contributed by atoms with Crippen LogP contribution in [0.2, 0.25) is 0 Å². The summed E-state index contributed by atoms with van der Waals surface area (Å²) in [5.41, 5.74) is 1.86. The normalized spacial score (nSPS) is 11.8. The lowest BCUT2D eigenvalue weighted by Gasteiger charge is -2.03. The van der Waals surface area contributed by atoms with E-state index in [1.54, 1.807) is 68.4 Å². The third kappa shape index (κ3) is 4.91. The molecule has 2 aromatic carbocycles. The molecule has 0 aliphatic rings. The van der Waals surface area contributed by atoms with Crippen molar-refractivity contribution in [3.05, 3.63) is 83.6 Å². The van der Waals surface area contributed by atoms with Crippen LogP contribution in [0, 0.1) is 0 Å². The van der Waals surface area contributed by atoms with Crippen molar-refractivity contribution in [3.63, 3.8) is 0 Å². The van der Waals surface area contributed by atoms with E-state index in [9.17, 15) is 9.59 Å². The maximum Gasteiger partial charge on any atom is 0.365 e. The predicted molar refractivity (Wildman–Crippen MR) is 90.6 cm³/mol. The molecule has 0 atom stereocenters. The Morgan fingerprint density at radius 2 is 1.33 bits per heavy atom. The molecule has 0 heterocycles. The topological polar surface area (TPSA) is 65.0 Å². The smallest absolute Gasteiger partial charge is 0.365 e. The van der Waals surface area contributed by atoms with E-state index in [2.05, 4.69) is 5.16 Å². The van der Waals surface area contributed by atoms with Crippen LogP contribution in [0.25, 0.3) is 0 Å². The van der Waals surface area contributed by atoms with Gasteiger partial charge in [-0.25, -0.2) is 9.59 Å². The summed E-state index contributed by atoms with van der Waals surface area (Å²) in [7, 11) is 0. The van der Waals surface area contributed by atoms with Crippen LogP contribution in [-0.2, 0) is 9.57 Å². The predicted octanol–water partition coefficient (Wildman–Crippen LogP) is 3.98. The molecule has 0 radical (unpaired) electrons. The molecule has 0 unspecified atom stereocenters. The minimum Gasteiger partial charge on any atom is -0.431 e. The number of hydrogen-bond acceptors (Lipinski definition) is 5. The van der Waals surface area contributed by atoms with Gasteiger partial charge >= 0.3 is 11.9 Å². The molecule has 0 N–H and O–H groups in total. The molecular weight excluding hydrogens is 306 g/mol. The van der Waals surface area contributed by atoms with Gasteiger partial charge in [0.1, 0.15) is 0 Å². The molecule has 2 aromatic rings. The van der Waals surface area contributed by atoms with Gasteiger partial charge in [0.15, 0.2) is 0 Å². The maximum atomic E-state index is 11.8. The SMILES string of the molecule is CC(=N/OC(=O)c1ccccc1)/C(C)=C/OC(=O)c1ccccc1. The van der Waals surface area contributed by atoms with Crippen LogP contribution in [-0.4, -0.2) is 17.7 Å². The number of oxime groups is 1. The highest BCUT2D eigenvalue weighted by Gasteiger charge is 2.08. The summed E-state index contributed by atoms with van der Waals surface area (Å²) in [6, 6.07) is 17.2. The van der Waals surface area contributed by atoms with Gasteiger partial charge in [-0.3, -0.25) is 0 Å². The first-order valence-corrected chi connectivity index (χ1v) is 7.32. The van der Waals surface area contributed by atoms with Crippen molar-refractivity contribution < 1.29 is 19.2 Å². The van der Waals surface area contributed by atoms with Crippen molar-refractivity contribution in [2.45, 2.75) is 13.8 Å². The lowest BCUT2D eigenvalue weighted by molar-refractivity contribution is 0.0515. The fourth-order valence-electron chi connectivity index (χ4n) is 1.68. The van der Waals surface area contributed by atoms with Gasteiger partial charge in [0.25, 0.3) is 0 Å². The van der Waals surface area contributed by atoms with Crippen LogP contribution in [0.1, 0.15) is 34.6 Å². The molecule has 0 fully saturated rings. The molecule has 2 rings (SSSR count). The highest BCUT2D eigenvalue weighted by atomic mass is 16.7. The molecule has 0 saturated carbocycles. The minimum atomic E-state index is -0.552. The van der Waals surface area contributed by atoms with Gasteiger partial charge < -0.3 is 9.57 Å². The Morgan fingerprint density at radius 1 is 0.833 bits per heavy atom. The number of allylic oxidation sites excluding steroid dienone is 1. The number of hydrogen-bond donors (Lipinski definition) is 0. The van der Waals surface area contributed by atoms with E-state index in [1.165, 1.54) is 6.26 Å². The van der Waals surface area contributed by atoms with Crippen LogP contribution >= 0.6 is 0 Å². The Balaban J connectivity index is 1.94. The third-order valence-electron chi connectivity index (χ3n) is 3.20. The highest BCUT2D eigenvalue weighted by molar-refractivity contribution is 5.98. The van der Waals surface area contributed by atoms with Gasteiger partial charge in [0, 0.05) is 5.57 Å². The van der Waals surface area contributed by atoms with Gasteiger partial charge in [-0.2, -0.15) is 0 Å². The van der Waals surface area contributed by atoms with Crippen LogP contribution in [0.5, 0.6) is 0 Å². The van der Waals surface area contributed by atoms with Crippen molar-refractivity contribution in [1.29, 1.82) is 0 Å². The molecule has 0 aliphatic heterocycles. The van der Waals surface area contributed by atoms with E-state index in [1.807, 2.05) is 6.07 Å². The van der Waals surface area contributed by atoms with Gasteiger partial charge in [-0.15, -0.1) is 0 Å². The van der Waals surface area contributed by atoms with Crippen LogP contribution in [0.3, 0.4) is 0 Å². The monoisotopic (exact) mass is 323 g/mol. The quantitative estimate of drug-likeness (QED) is 0.274. The first-order chi connectivity index (χ1) is 11.6. The van der Waals surface area contributed by atoms with E-state index in [-0.39, 0.29) is 0 Å². The van der Waals surface area contributed by atoms with Gasteiger partial charge in [-0.1, -0.05) is 41.6 Å². The van der Waals surface area contributed by atoms with E-state index in [4.69, 9.17) is 9.57 Å². The minimum absolute atomic E-state index is 0.409. The van der Waals surface area contributed by atoms with E-state index in [0.29, 0.717) is 22.4 Å². The zero-order valence-corrected chi connectivity index (χ0v) is 13.4. The molecule has 0 aliphatic carbocycles. The first-order valence-electron chi connectivity index (χ1n) is 7.32. The Labute approximate surface area is 140 Å². The van der Waals surface area contributed by atoms with Gasteiger partial charge in [-0.05, 0) is 38.1 Å². The molecule has 0 amide bonds. The fourth-order valence-corrected chi connectivity index (χ4v) is 1.68. The number of ether oxygens (including phenoxy) is 1. The summed E-state index contributed by atoms with van der Waals surface area (Å²) < 4.78 is 5.08. The molecule has 5 nitrogen and oxygen atoms in total. The second-order valence-electron chi connectivity index (χ2n) is 4.99. The molecule has 0 aromatic heterocycles. The van der Waals surface area contributed by atoms with Gasteiger partial charge in [0.2, 0.25) is 0 Å². The zero-order valence-electron chi connectivity index (χ0n) is 13.4. The summed E-state index contributed by atoms with van der Waals surface area (Å²) >= 11 is 0. The van der Waals surface area contributed by atoms with Crippen molar-refractivity contribution >= 4 is 17.7 Å². The Morgan fingerprint density at radius 3 is 1.88 bits per heavy atom.